The fraction of sp³-hybridized carbons (Fsp3) is 0.615. The molecule has 2 aromatic heterocycles. The van der Waals surface area contributed by atoms with Gasteiger partial charge in [0.05, 0.1) is 0 Å². The van der Waals surface area contributed by atoms with Crippen LogP contribution in [0.1, 0.15) is 32.6 Å². The first-order valence-electron chi connectivity index (χ1n) is 6.95. The highest BCUT2D eigenvalue weighted by atomic mass is 16.5. The van der Waals surface area contributed by atoms with Gasteiger partial charge in [-0.15, -0.1) is 5.10 Å². The Kier molecular flexibility index (Phi) is 3.23. The van der Waals surface area contributed by atoms with E-state index in [2.05, 4.69) is 34.1 Å². The lowest BCUT2D eigenvalue weighted by molar-refractivity contribution is -0.118. The van der Waals surface area contributed by atoms with E-state index in [9.17, 15) is 4.79 Å². The highest BCUT2D eigenvalue weighted by Crippen LogP contribution is 2.46. The van der Waals surface area contributed by atoms with Crippen LogP contribution in [0.2, 0.25) is 0 Å². The summed E-state index contributed by atoms with van der Waals surface area (Å²) in [4.78, 5) is 19.2. The molecular formula is C13H18N6O2. The summed E-state index contributed by atoms with van der Waals surface area (Å²) in [6.07, 6.45) is 4.71. The maximum Gasteiger partial charge on any atom is 0.242 e. The molecule has 8 nitrogen and oxygen atoms in total. The van der Waals surface area contributed by atoms with E-state index < -0.39 is 5.91 Å². The second-order valence-corrected chi connectivity index (χ2v) is 6.18. The molecule has 2 heterocycles. The zero-order chi connectivity index (χ0) is 15.0. The van der Waals surface area contributed by atoms with Crippen LogP contribution in [0.4, 0.5) is 0 Å². The minimum absolute atomic E-state index is 0.0214. The van der Waals surface area contributed by atoms with Crippen molar-refractivity contribution < 1.29 is 9.32 Å². The Morgan fingerprint density at radius 3 is 2.90 bits per heavy atom. The van der Waals surface area contributed by atoms with Gasteiger partial charge in [0, 0.05) is 6.42 Å². The van der Waals surface area contributed by atoms with Gasteiger partial charge in [-0.2, -0.15) is 4.98 Å². The minimum atomic E-state index is -0.480. The third kappa shape index (κ3) is 3.09. The molecule has 1 fully saturated rings. The third-order valence-corrected chi connectivity index (χ3v) is 3.81. The summed E-state index contributed by atoms with van der Waals surface area (Å²) in [6.45, 7) is 4.41. The summed E-state index contributed by atoms with van der Waals surface area (Å²) in [7, 11) is 0. The lowest BCUT2D eigenvalue weighted by Crippen LogP contribution is -2.18. The Bertz CT molecular complexity index is 655. The average molecular weight is 290 g/mol. The number of nitrogens with zero attached hydrogens (tertiary/aromatic N) is 5. The quantitative estimate of drug-likeness (QED) is 0.841. The predicted molar refractivity (Wildman–Crippen MR) is 72.7 cm³/mol. The molecule has 8 heteroatoms. The van der Waals surface area contributed by atoms with Crippen LogP contribution in [0.25, 0.3) is 11.6 Å². The average Bonchev–Trinajstić information content (AvgIpc) is 3.02. The molecule has 112 valence electrons. The van der Waals surface area contributed by atoms with Crippen molar-refractivity contribution in [3.63, 3.8) is 0 Å². The Morgan fingerprint density at radius 2 is 2.24 bits per heavy atom. The van der Waals surface area contributed by atoms with Crippen molar-refractivity contribution in [2.45, 2.75) is 39.7 Å². The lowest BCUT2D eigenvalue weighted by Gasteiger charge is -2.21. The summed E-state index contributed by atoms with van der Waals surface area (Å²) < 4.78 is 6.63. The molecule has 0 unspecified atom stereocenters. The number of carbonyl (C=O) groups is 1. The van der Waals surface area contributed by atoms with E-state index in [1.165, 1.54) is 23.9 Å². The molecule has 2 N–H and O–H groups in total. The van der Waals surface area contributed by atoms with E-state index in [0.29, 0.717) is 17.5 Å². The number of carbonyl (C=O) groups excluding carboxylic acids is 1. The Morgan fingerprint density at radius 1 is 1.48 bits per heavy atom. The van der Waals surface area contributed by atoms with Crippen LogP contribution >= 0.6 is 0 Å². The summed E-state index contributed by atoms with van der Waals surface area (Å²) >= 11 is 0. The van der Waals surface area contributed by atoms with Crippen molar-refractivity contribution in [2.75, 3.05) is 0 Å². The van der Waals surface area contributed by atoms with E-state index >= 15 is 0 Å². The van der Waals surface area contributed by atoms with Crippen molar-refractivity contribution in [1.82, 2.24) is 24.9 Å². The number of rotatable bonds is 6. The third-order valence-electron chi connectivity index (χ3n) is 3.81. The Balaban J connectivity index is 1.72. The van der Waals surface area contributed by atoms with E-state index in [0.717, 1.165) is 12.3 Å². The van der Waals surface area contributed by atoms with Crippen molar-refractivity contribution >= 4 is 5.91 Å². The summed E-state index contributed by atoms with van der Waals surface area (Å²) in [5.74, 6) is 1.51. The number of aromatic nitrogens is 5. The van der Waals surface area contributed by atoms with Gasteiger partial charge in [-0.3, -0.25) is 4.79 Å². The first-order chi connectivity index (χ1) is 9.94. The molecule has 0 saturated heterocycles. The smallest absolute Gasteiger partial charge is 0.242 e. The van der Waals surface area contributed by atoms with Gasteiger partial charge in [-0.05, 0) is 24.2 Å². The summed E-state index contributed by atoms with van der Waals surface area (Å²) in [5, 5.41) is 8.00. The van der Waals surface area contributed by atoms with Crippen LogP contribution in [-0.2, 0) is 17.8 Å². The molecule has 1 amide bonds. The second kappa shape index (κ2) is 4.94. The van der Waals surface area contributed by atoms with Crippen molar-refractivity contribution in [2.24, 2.45) is 17.1 Å². The molecule has 3 rings (SSSR count). The van der Waals surface area contributed by atoms with Crippen molar-refractivity contribution in [1.29, 1.82) is 0 Å². The first kappa shape index (κ1) is 13.7. The zero-order valence-corrected chi connectivity index (χ0v) is 12.1. The standard InChI is InChI=1S/C13H18N6O2/c1-13(2,8-3-4-8)5-10-16-12(18-21-10)11-15-7-19(17-11)6-9(14)20/h7-8H,3-6H2,1-2H3,(H2,14,20). The highest BCUT2D eigenvalue weighted by Gasteiger charge is 2.39. The van der Waals surface area contributed by atoms with Gasteiger partial charge in [-0.25, -0.2) is 9.67 Å². The number of amides is 1. The van der Waals surface area contributed by atoms with Gasteiger partial charge >= 0.3 is 0 Å². The molecule has 0 aliphatic heterocycles. The molecule has 0 atom stereocenters. The van der Waals surface area contributed by atoms with Gasteiger partial charge < -0.3 is 10.3 Å². The first-order valence-corrected chi connectivity index (χ1v) is 6.95. The van der Waals surface area contributed by atoms with Gasteiger partial charge in [-0.1, -0.05) is 19.0 Å². The maximum absolute atomic E-state index is 10.8. The number of nitrogens with two attached hydrogens (primary N) is 1. The molecule has 0 radical (unpaired) electrons. The molecule has 0 bridgehead atoms. The van der Waals surface area contributed by atoms with Gasteiger partial charge in [0.1, 0.15) is 12.9 Å². The van der Waals surface area contributed by atoms with E-state index in [4.69, 9.17) is 10.3 Å². The van der Waals surface area contributed by atoms with Crippen LogP contribution in [0.15, 0.2) is 10.9 Å². The van der Waals surface area contributed by atoms with E-state index in [-0.39, 0.29) is 12.0 Å². The molecule has 1 aliphatic rings. The molecular weight excluding hydrogens is 272 g/mol. The van der Waals surface area contributed by atoms with Crippen molar-refractivity contribution in [3.8, 4) is 11.6 Å². The van der Waals surface area contributed by atoms with Gasteiger partial charge in [0.15, 0.2) is 0 Å². The van der Waals surface area contributed by atoms with Crippen molar-refractivity contribution in [3.05, 3.63) is 12.2 Å². The SMILES string of the molecule is CC(C)(Cc1nc(-c2ncn(CC(N)=O)n2)no1)C1CC1. The number of hydrogen-bond acceptors (Lipinski definition) is 6. The van der Waals surface area contributed by atoms with Crippen LogP contribution < -0.4 is 5.73 Å². The van der Waals surface area contributed by atoms with Gasteiger partial charge in [0.25, 0.3) is 0 Å². The van der Waals surface area contributed by atoms with Crippen LogP contribution in [-0.4, -0.2) is 30.8 Å². The Hall–Kier alpha value is -2.25. The maximum atomic E-state index is 10.8. The predicted octanol–water partition coefficient (Wildman–Crippen LogP) is 0.792. The fourth-order valence-corrected chi connectivity index (χ4v) is 2.45. The summed E-state index contributed by atoms with van der Waals surface area (Å²) in [6, 6.07) is 0. The largest absolute Gasteiger partial charge is 0.368 e. The highest BCUT2D eigenvalue weighted by molar-refractivity contribution is 5.73. The topological polar surface area (TPSA) is 113 Å². The lowest BCUT2D eigenvalue weighted by atomic mass is 9.84. The zero-order valence-electron chi connectivity index (χ0n) is 12.1. The van der Waals surface area contributed by atoms with Gasteiger partial charge in [0.2, 0.25) is 23.4 Å². The Labute approximate surface area is 121 Å². The van der Waals surface area contributed by atoms with Crippen LogP contribution in [0.3, 0.4) is 0 Å². The monoisotopic (exact) mass is 290 g/mol. The second-order valence-electron chi connectivity index (χ2n) is 6.18. The van der Waals surface area contributed by atoms with Crippen LogP contribution in [0, 0.1) is 11.3 Å². The molecule has 1 saturated carbocycles. The molecule has 0 spiro atoms. The molecule has 21 heavy (non-hydrogen) atoms. The minimum Gasteiger partial charge on any atom is -0.368 e. The number of hydrogen-bond donors (Lipinski definition) is 1. The fourth-order valence-electron chi connectivity index (χ4n) is 2.45. The molecule has 1 aliphatic carbocycles. The van der Waals surface area contributed by atoms with E-state index in [1.54, 1.807) is 0 Å². The normalized spacial score (nSPS) is 15.3. The van der Waals surface area contributed by atoms with Crippen LogP contribution in [0.5, 0.6) is 0 Å². The number of primary amides is 1. The summed E-state index contributed by atoms with van der Waals surface area (Å²) in [5.41, 5.74) is 5.27. The molecule has 2 aromatic rings. The van der Waals surface area contributed by atoms with E-state index in [1.807, 2.05) is 0 Å². The molecule has 0 aromatic carbocycles.